The van der Waals surface area contributed by atoms with E-state index in [1.165, 1.54) is 0 Å². The minimum absolute atomic E-state index is 0.0102. The van der Waals surface area contributed by atoms with Crippen molar-refractivity contribution >= 4 is 34.4 Å². The number of carbonyl (C=O) groups excluding carboxylic acids is 1. The summed E-state index contributed by atoms with van der Waals surface area (Å²) in [7, 11) is 0. The van der Waals surface area contributed by atoms with Crippen molar-refractivity contribution in [3.8, 4) is 11.3 Å². The SMILES string of the molecule is Cc1nn(CC(=O)Nc2ccn(Cc3ccccc3Cl)n2)c2nccc(-c3ccco3)c12. The number of benzene rings is 1. The van der Waals surface area contributed by atoms with E-state index in [1.807, 2.05) is 49.4 Å². The third kappa shape index (κ3) is 3.88. The van der Waals surface area contributed by atoms with Crippen LogP contribution in [0.4, 0.5) is 5.82 Å². The maximum Gasteiger partial charge on any atom is 0.247 e. The maximum atomic E-state index is 12.7. The summed E-state index contributed by atoms with van der Waals surface area (Å²) in [4.78, 5) is 17.1. The van der Waals surface area contributed by atoms with Gasteiger partial charge in [-0.25, -0.2) is 9.67 Å². The summed E-state index contributed by atoms with van der Waals surface area (Å²) in [6.45, 7) is 2.41. The molecule has 160 valence electrons. The van der Waals surface area contributed by atoms with E-state index in [0.717, 1.165) is 28.0 Å². The number of anilines is 1. The normalized spacial score (nSPS) is 11.2. The average Bonchev–Trinajstić information content (AvgIpc) is 3.52. The average molecular weight is 447 g/mol. The van der Waals surface area contributed by atoms with Crippen molar-refractivity contribution in [2.75, 3.05) is 5.32 Å². The summed E-state index contributed by atoms with van der Waals surface area (Å²) in [5.41, 5.74) is 3.24. The molecule has 4 aromatic heterocycles. The molecule has 1 aromatic carbocycles. The molecule has 9 heteroatoms. The monoisotopic (exact) mass is 446 g/mol. The lowest BCUT2D eigenvalue weighted by Gasteiger charge is -2.05. The molecule has 0 radical (unpaired) electrons. The molecule has 0 saturated carbocycles. The molecule has 0 aliphatic heterocycles. The Kier molecular flexibility index (Phi) is 5.20. The van der Waals surface area contributed by atoms with E-state index < -0.39 is 0 Å². The lowest BCUT2D eigenvalue weighted by molar-refractivity contribution is -0.116. The number of rotatable bonds is 6. The predicted octanol–water partition coefficient (Wildman–Crippen LogP) is 4.54. The highest BCUT2D eigenvalue weighted by Crippen LogP contribution is 2.30. The largest absolute Gasteiger partial charge is 0.464 e. The molecule has 0 bridgehead atoms. The Labute approximate surface area is 188 Å². The number of nitrogens with zero attached hydrogens (tertiary/aromatic N) is 5. The number of carbonyl (C=O) groups is 1. The third-order valence-electron chi connectivity index (χ3n) is 5.09. The van der Waals surface area contributed by atoms with Crippen LogP contribution in [0.2, 0.25) is 5.02 Å². The third-order valence-corrected chi connectivity index (χ3v) is 5.46. The molecule has 0 aliphatic carbocycles. The predicted molar refractivity (Wildman–Crippen MR) is 121 cm³/mol. The van der Waals surface area contributed by atoms with Crippen molar-refractivity contribution in [2.24, 2.45) is 0 Å². The molecule has 0 unspecified atom stereocenters. The van der Waals surface area contributed by atoms with E-state index in [2.05, 4.69) is 20.5 Å². The first-order chi connectivity index (χ1) is 15.6. The van der Waals surface area contributed by atoms with Gasteiger partial charge in [-0.05, 0) is 36.8 Å². The van der Waals surface area contributed by atoms with Crippen molar-refractivity contribution in [1.82, 2.24) is 24.5 Å². The van der Waals surface area contributed by atoms with Crippen LogP contribution in [0.5, 0.6) is 0 Å². The Morgan fingerprint density at radius 3 is 2.81 bits per heavy atom. The number of halogens is 1. The van der Waals surface area contributed by atoms with Gasteiger partial charge in [0.2, 0.25) is 5.91 Å². The van der Waals surface area contributed by atoms with E-state index in [9.17, 15) is 4.79 Å². The van der Waals surface area contributed by atoms with Gasteiger partial charge in [-0.3, -0.25) is 9.48 Å². The first-order valence-electron chi connectivity index (χ1n) is 10.0. The Balaban J connectivity index is 1.32. The number of hydrogen-bond donors (Lipinski definition) is 1. The van der Waals surface area contributed by atoms with Gasteiger partial charge in [0, 0.05) is 29.0 Å². The molecule has 1 N–H and O–H groups in total. The van der Waals surface area contributed by atoms with Crippen LogP contribution in [-0.2, 0) is 17.9 Å². The van der Waals surface area contributed by atoms with Gasteiger partial charge in [0.15, 0.2) is 11.5 Å². The molecule has 0 saturated heterocycles. The topological polar surface area (TPSA) is 90.8 Å². The van der Waals surface area contributed by atoms with Gasteiger partial charge in [0.1, 0.15) is 12.3 Å². The Morgan fingerprint density at radius 1 is 1.12 bits per heavy atom. The second-order valence-electron chi connectivity index (χ2n) is 7.32. The molecule has 0 aliphatic rings. The van der Waals surface area contributed by atoms with Crippen LogP contribution in [0.15, 0.2) is 71.6 Å². The first kappa shape index (κ1) is 20.0. The number of aromatic nitrogens is 5. The van der Waals surface area contributed by atoms with Crippen molar-refractivity contribution in [2.45, 2.75) is 20.0 Å². The smallest absolute Gasteiger partial charge is 0.247 e. The standard InChI is InChI=1S/C23H19ClN6O2/c1-15-22-17(19-7-4-12-32-19)8-10-25-23(22)30(27-15)14-21(31)26-20-9-11-29(28-20)13-16-5-2-3-6-18(16)24/h2-12H,13-14H2,1H3,(H,26,28,31). The molecule has 5 aromatic rings. The molecule has 8 nitrogen and oxygen atoms in total. The number of pyridine rings is 1. The summed E-state index contributed by atoms with van der Waals surface area (Å²) < 4.78 is 8.86. The Morgan fingerprint density at radius 2 is 2.00 bits per heavy atom. The van der Waals surface area contributed by atoms with Crippen molar-refractivity contribution in [3.05, 3.63) is 83.5 Å². The molecule has 0 atom stereocenters. The van der Waals surface area contributed by atoms with E-state index in [1.54, 1.807) is 34.1 Å². The van der Waals surface area contributed by atoms with Gasteiger partial charge in [0.05, 0.1) is 23.9 Å². The summed E-state index contributed by atoms with van der Waals surface area (Å²) in [6, 6.07) is 14.9. The lowest BCUT2D eigenvalue weighted by atomic mass is 10.1. The van der Waals surface area contributed by atoms with E-state index in [0.29, 0.717) is 23.0 Å². The molecular weight excluding hydrogens is 428 g/mol. The zero-order valence-electron chi connectivity index (χ0n) is 17.2. The minimum Gasteiger partial charge on any atom is -0.464 e. The fraction of sp³-hybridized carbons (Fsp3) is 0.130. The quantitative estimate of drug-likeness (QED) is 0.413. The first-order valence-corrected chi connectivity index (χ1v) is 10.4. The highest BCUT2D eigenvalue weighted by molar-refractivity contribution is 6.31. The van der Waals surface area contributed by atoms with Gasteiger partial charge >= 0.3 is 0 Å². The van der Waals surface area contributed by atoms with Crippen molar-refractivity contribution in [1.29, 1.82) is 0 Å². The Hall–Kier alpha value is -3.91. The molecule has 32 heavy (non-hydrogen) atoms. The number of amides is 1. The fourth-order valence-corrected chi connectivity index (χ4v) is 3.86. The van der Waals surface area contributed by atoms with Crippen LogP contribution in [0.1, 0.15) is 11.3 Å². The van der Waals surface area contributed by atoms with E-state index >= 15 is 0 Å². The lowest BCUT2D eigenvalue weighted by Crippen LogP contribution is -2.20. The Bertz CT molecular complexity index is 1400. The van der Waals surface area contributed by atoms with Crippen LogP contribution >= 0.6 is 11.6 Å². The summed E-state index contributed by atoms with van der Waals surface area (Å²) in [5.74, 6) is 0.940. The van der Waals surface area contributed by atoms with Crippen molar-refractivity contribution < 1.29 is 9.21 Å². The van der Waals surface area contributed by atoms with E-state index in [4.69, 9.17) is 16.0 Å². The molecular formula is C23H19ClN6O2. The molecule has 5 rings (SSSR count). The van der Waals surface area contributed by atoms with Crippen LogP contribution in [-0.4, -0.2) is 30.5 Å². The molecule has 0 spiro atoms. The highest BCUT2D eigenvalue weighted by Gasteiger charge is 2.17. The van der Waals surface area contributed by atoms with Gasteiger partial charge in [-0.1, -0.05) is 29.8 Å². The number of furan rings is 1. The van der Waals surface area contributed by atoms with Gasteiger partial charge in [0.25, 0.3) is 0 Å². The minimum atomic E-state index is -0.248. The summed E-state index contributed by atoms with van der Waals surface area (Å²) in [5, 5.41) is 13.3. The second kappa shape index (κ2) is 8.32. The highest BCUT2D eigenvalue weighted by atomic mass is 35.5. The molecule has 1 amide bonds. The fourth-order valence-electron chi connectivity index (χ4n) is 3.66. The zero-order valence-corrected chi connectivity index (χ0v) is 18.0. The number of fused-ring (bicyclic) bond motifs is 1. The van der Waals surface area contributed by atoms with Crippen LogP contribution in [0.3, 0.4) is 0 Å². The molecule has 0 fully saturated rings. The second-order valence-corrected chi connectivity index (χ2v) is 7.72. The summed E-state index contributed by atoms with van der Waals surface area (Å²) >= 11 is 6.22. The van der Waals surface area contributed by atoms with Gasteiger partial charge in [-0.2, -0.15) is 10.2 Å². The maximum absolute atomic E-state index is 12.7. The summed E-state index contributed by atoms with van der Waals surface area (Å²) in [6.07, 6.45) is 5.11. The van der Waals surface area contributed by atoms with Crippen molar-refractivity contribution in [3.63, 3.8) is 0 Å². The zero-order chi connectivity index (χ0) is 22.1. The number of aryl methyl sites for hydroxylation is 1. The van der Waals surface area contributed by atoms with Crippen LogP contribution in [0, 0.1) is 6.92 Å². The number of nitrogens with one attached hydrogen (secondary N) is 1. The van der Waals surface area contributed by atoms with Crippen LogP contribution in [0.25, 0.3) is 22.4 Å². The molecule has 4 heterocycles. The van der Waals surface area contributed by atoms with E-state index in [-0.39, 0.29) is 12.5 Å². The van der Waals surface area contributed by atoms with Gasteiger partial charge < -0.3 is 9.73 Å². The van der Waals surface area contributed by atoms with Crippen LogP contribution < -0.4 is 5.32 Å². The van der Waals surface area contributed by atoms with Gasteiger partial charge in [-0.15, -0.1) is 0 Å². The number of hydrogen-bond acceptors (Lipinski definition) is 5.